The van der Waals surface area contributed by atoms with Gasteiger partial charge in [-0.2, -0.15) is 4.57 Å². The lowest BCUT2D eigenvalue weighted by Gasteiger charge is -2.10. The fraction of sp³-hybridized carbons (Fsp3) is 0.0800. The Labute approximate surface area is 177 Å². The number of oxazole rings is 1. The van der Waals surface area contributed by atoms with Gasteiger partial charge in [0.2, 0.25) is 11.5 Å². The van der Waals surface area contributed by atoms with Crippen molar-refractivity contribution in [3.63, 3.8) is 0 Å². The maximum absolute atomic E-state index is 6.14. The average Bonchev–Trinajstić information content (AvgIpc) is 3.43. The number of hydrogen-bond acceptors (Lipinski definition) is 4. The summed E-state index contributed by atoms with van der Waals surface area (Å²) in [5.41, 5.74) is 4.16. The van der Waals surface area contributed by atoms with Crippen molar-refractivity contribution in [3.05, 3.63) is 84.6 Å². The van der Waals surface area contributed by atoms with Crippen molar-refractivity contribution in [1.82, 2.24) is 0 Å². The lowest BCUT2D eigenvalue weighted by molar-refractivity contribution is -0.652. The Balaban J connectivity index is 1.38. The third-order valence-electron chi connectivity index (χ3n) is 5.59. The normalized spacial score (nSPS) is 14.6. The first-order valence-electron chi connectivity index (χ1n) is 9.81. The van der Waals surface area contributed by atoms with Crippen LogP contribution in [0.4, 0.5) is 5.69 Å². The molecule has 0 aliphatic carbocycles. The van der Waals surface area contributed by atoms with E-state index in [1.54, 1.807) is 0 Å². The number of benzene rings is 3. The molecule has 5 heteroatoms. The summed E-state index contributed by atoms with van der Waals surface area (Å²) in [6.45, 7) is 0. The zero-order chi connectivity index (χ0) is 20.2. The van der Waals surface area contributed by atoms with Crippen molar-refractivity contribution in [3.8, 4) is 16.2 Å². The standard InChI is InChI=1S/C25H19N2O2S/c1-26-18-8-4-5-9-20(18)28-24(26)15-25-27(2)19-13-17(11-12-21(19)29-25)23-14-16-7-3-6-10-22(16)30-23/h3-15H,1-2H3/q+1. The third-order valence-corrected chi connectivity index (χ3v) is 6.76. The van der Waals surface area contributed by atoms with Gasteiger partial charge in [0, 0.05) is 22.7 Å². The van der Waals surface area contributed by atoms with Crippen LogP contribution in [0.3, 0.4) is 0 Å². The Kier molecular flexibility index (Phi) is 3.73. The van der Waals surface area contributed by atoms with Crippen LogP contribution in [0, 0.1) is 0 Å². The van der Waals surface area contributed by atoms with E-state index in [4.69, 9.17) is 9.15 Å². The number of fused-ring (bicyclic) bond motifs is 3. The molecule has 0 saturated heterocycles. The molecule has 3 aromatic carbocycles. The molecule has 1 aliphatic rings. The van der Waals surface area contributed by atoms with Crippen LogP contribution in [0.2, 0.25) is 0 Å². The van der Waals surface area contributed by atoms with Crippen LogP contribution in [0.5, 0.6) is 5.75 Å². The first-order valence-corrected chi connectivity index (χ1v) is 10.6. The second kappa shape index (κ2) is 6.47. The van der Waals surface area contributed by atoms with E-state index in [0.29, 0.717) is 0 Å². The topological polar surface area (TPSA) is 29.5 Å². The van der Waals surface area contributed by atoms with Crippen molar-refractivity contribution >= 4 is 44.3 Å². The maximum atomic E-state index is 6.14. The summed E-state index contributed by atoms with van der Waals surface area (Å²) in [6, 6.07) is 25.1. The van der Waals surface area contributed by atoms with Crippen LogP contribution < -0.4 is 14.2 Å². The number of ether oxygens (including phenoxy) is 1. The molecule has 0 atom stereocenters. The molecule has 0 radical (unpaired) electrons. The predicted octanol–water partition coefficient (Wildman–Crippen LogP) is 5.97. The highest BCUT2D eigenvalue weighted by Crippen LogP contribution is 2.43. The Morgan fingerprint density at radius 3 is 2.67 bits per heavy atom. The van der Waals surface area contributed by atoms with Gasteiger partial charge in [-0.25, -0.2) is 0 Å². The quantitative estimate of drug-likeness (QED) is 0.335. The lowest BCUT2D eigenvalue weighted by Crippen LogP contribution is -2.29. The molecule has 0 bridgehead atoms. The number of aromatic nitrogens is 1. The monoisotopic (exact) mass is 411 g/mol. The van der Waals surface area contributed by atoms with Crippen LogP contribution >= 0.6 is 11.3 Å². The Morgan fingerprint density at radius 1 is 0.967 bits per heavy atom. The van der Waals surface area contributed by atoms with E-state index in [1.807, 2.05) is 66.4 Å². The maximum Gasteiger partial charge on any atom is 0.379 e. The second-order valence-electron chi connectivity index (χ2n) is 7.44. The average molecular weight is 412 g/mol. The van der Waals surface area contributed by atoms with Crippen molar-refractivity contribution in [2.45, 2.75) is 0 Å². The molecule has 6 rings (SSSR count). The summed E-state index contributed by atoms with van der Waals surface area (Å²) in [5.74, 6) is 2.34. The van der Waals surface area contributed by atoms with Gasteiger partial charge in [-0.15, -0.1) is 11.3 Å². The van der Waals surface area contributed by atoms with Gasteiger partial charge in [0.05, 0.1) is 5.69 Å². The van der Waals surface area contributed by atoms with Gasteiger partial charge < -0.3 is 14.1 Å². The third kappa shape index (κ3) is 2.63. The summed E-state index contributed by atoms with van der Waals surface area (Å²) in [6.07, 6.45) is 1.94. The molecule has 0 saturated carbocycles. The summed E-state index contributed by atoms with van der Waals surface area (Å²) in [7, 11) is 4.02. The number of hydrogen-bond donors (Lipinski definition) is 0. The smallest absolute Gasteiger partial charge is 0.379 e. The van der Waals surface area contributed by atoms with Gasteiger partial charge in [-0.05, 0) is 47.3 Å². The molecule has 5 aromatic rings. The van der Waals surface area contributed by atoms with Crippen molar-refractivity contribution in [2.75, 3.05) is 11.9 Å². The van der Waals surface area contributed by atoms with E-state index in [9.17, 15) is 0 Å². The zero-order valence-electron chi connectivity index (χ0n) is 16.6. The molecular weight excluding hydrogens is 392 g/mol. The summed E-state index contributed by atoms with van der Waals surface area (Å²) in [4.78, 5) is 3.33. The highest BCUT2D eigenvalue weighted by molar-refractivity contribution is 7.22. The lowest BCUT2D eigenvalue weighted by atomic mass is 10.1. The molecule has 0 N–H and O–H groups in total. The van der Waals surface area contributed by atoms with E-state index in [-0.39, 0.29) is 0 Å². The molecule has 0 amide bonds. The molecule has 0 unspecified atom stereocenters. The van der Waals surface area contributed by atoms with Gasteiger partial charge in [0.25, 0.3) is 5.52 Å². The number of aryl methyl sites for hydroxylation is 1. The number of nitrogens with zero attached hydrogens (tertiary/aromatic N) is 2. The van der Waals surface area contributed by atoms with Crippen molar-refractivity contribution in [2.24, 2.45) is 7.05 Å². The van der Waals surface area contributed by atoms with Gasteiger partial charge in [-0.1, -0.05) is 30.3 Å². The Hall–Kier alpha value is -3.57. The van der Waals surface area contributed by atoms with E-state index in [2.05, 4.69) is 47.4 Å². The molecule has 0 fully saturated rings. The molecule has 30 heavy (non-hydrogen) atoms. The fourth-order valence-electron chi connectivity index (χ4n) is 3.92. The second-order valence-corrected chi connectivity index (χ2v) is 8.53. The summed E-state index contributed by atoms with van der Waals surface area (Å²) in [5, 5.41) is 1.28. The first-order chi connectivity index (χ1) is 14.7. The Bertz CT molecular complexity index is 1430. The predicted molar refractivity (Wildman–Crippen MR) is 122 cm³/mol. The van der Waals surface area contributed by atoms with Crippen LogP contribution in [0.15, 0.2) is 83.1 Å². The first kappa shape index (κ1) is 17.3. The number of para-hydroxylation sites is 2. The minimum Gasteiger partial charge on any atom is -0.438 e. The number of anilines is 1. The number of rotatable bonds is 2. The fourth-order valence-corrected chi connectivity index (χ4v) is 4.98. The summed E-state index contributed by atoms with van der Waals surface area (Å²) < 4.78 is 15.5. The molecule has 1 aliphatic heterocycles. The zero-order valence-corrected chi connectivity index (χ0v) is 17.4. The highest BCUT2D eigenvalue weighted by Gasteiger charge is 2.27. The van der Waals surface area contributed by atoms with Crippen molar-refractivity contribution < 1.29 is 13.7 Å². The van der Waals surface area contributed by atoms with E-state index in [0.717, 1.165) is 34.3 Å². The van der Waals surface area contributed by atoms with Crippen LogP contribution in [0.25, 0.3) is 37.7 Å². The van der Waals surface area contributed by atoms with Gasteiger partial charge >= 0.3 is 5.89 Å². The number of thiophene rings is 1. The Morgan fingerprint density at radius 2 is 1.80 bits per heavy atom. The highest BCUT2D eigenvalue weighted by atomic mass is 32.1. The van der Waals surface area contributed by atoms with Crippen LogP contribution in [-0.4, -0.2) is 7.05 Å². The van der Waals surface area contributed by atoms with Gasteiger partial charge in [-0.3, -0.25) is 0 Å². The molecule has 0 spiro atoms. The van der Waals surface area contributed by atoms with Crippen molar-refractivity contribution in [1.29, 1.82) is 0 Å². The SMILES string of the molecule is CN1C(=Cc2oc3ccccc3[n+]2C)Oc2ccc(-c3cc4ccccc4s3)cc21. The van der Waals surface area contributed by atoms with Gasteiger partial charge in [0.15, 0.2) is 5.75 Å². The minimum atomic E-state index is 0.744. The van der Waals surface area contributed by atoms with Gasteiger partial charge in [0.1, 0.15) is 13.1 Å². The van der Waals surface area contributed by atoms with E-state index >= 15 is 0 Å². The largest absolute Gasteiger partial charge is 0.438 e. The van der Waals surface area contributed by atoms with Crippen LogP contribution in [0.1, 0.15) is 5.89 Å². The van der Waals surface area contributed by atoms with Crippen LogP contribution in [-0.2, 0) is 7.05 Å². The van der Waals surface area contributed by atoms with E-state index < -0.39 is 0 Å². The van der Waals surface area contributed by atoms with E-state index in [1.165, 1.54) is 20.5 Å². The minimum absolute atomic E-state index is 0.744. The molecular formula is C25H19N2O2S+. The molecule has 2 aromatic heterocycles. The molecule has 146 valence electrons. The molecule has 3 heterocycles. The summed E-state index contributed by atoms with van der Waals surface area (Å²) >= 11 is 1.81. The molecule has 4 nitrogen and oxygen atoms in total.